The third-order valence-electron chi connectivity index (χ3n) is 6.14. The van der Waals surface area contributed by atoms with Gasteiger partial charge in [0.15, 0.2) is 0 Å². The molecule has 0 spiro atoms. The standard InChI is InChI=1S/C27H32FN7O4/c1-26(2,3)39-25(37)34-14-18(15-34)33-20-9-22(35-7-6-17-8-16(10-29)11-31-23(17)35)30-12-19(20)24(36)32-13-21(28)27(4,5)38/h6-9,11-12,18,21,38H,13-15H2,1-5H3,(H,30,33)(H,32,36)/t21-/m1/s1. The van der Waals surface area contributed by atoms with Crippen LogP contribution in [0.4, 0.5) is 14.9 Å². The van der Waals surface area contributed by atoms with Crippen LogP contribution >= 0.6 is 0 Å². The van der Waals surface area contributed by atoms with E-state index in [1.165, 1.54) is 26.2 Å². The first-order chi connectivity index (χ1) is 18.2. The lowest BCUT2D eigenvalue weighted by molar-refractivity contribution is -0.00181. The molecular formula is C27H32FN7O4. The van der Waals surface area contributed by atoms with Crippen molar-refractivity contribution in [2.75, 3.05) is 25.0 Å². The van der Waals surface area contributed by atoms with E-state index in [1.54, 1.807) is 54.6 Å². The summed E-state index contributed by atoms with van der Waals surface area (Å²) in [6.07, 6.45) is 2.51. The van der Waals surface area contributed by atoms with Gasteiger partial charge in [-0.3, -0.25) is 9.36 Å². The van der Waals surface area contributed by atoms with E-state index in [4.69, 9.17) is 10.00 Å². The molecule has 3 N–H and O–H groups in total. The number of alkyl halides is 1. The van der Waals surface area contributed by atoms with E-state index < -0.39 is 29.4 Å². The van der Waals surface area contributed by atoms with Gasteiger partial charge in [-0.15, -0.1) is 0 Å². The first-order valence-corrected chi connectivity index (χ1v) is 12.5. The van der Waals surface area contributed by atoms with Gasteiger partial charge in [0.25, 0.3) is 5.91 Å². The predicted molar refractivity (Wildman–Crippen MR) is 142 cm³/mol. The monoisotopic (exact) mass is 537 g/mol. The molecule has 0 bridgehead atoms. The van der Waals surface area contributed by atoms with Crippen molar-refractivity contribution in [2.45, 2.75) is 58.0 Å². The SMILES string of the molecule is CC(C)(C)OC(=O)N1CC(Nc2cc(-n3ccc4cc(C#N)cnc43)ncc2C(=O)NC[C@@H](F)C(C)(C)O)C1. The molecule has 0 aromatic carbocycles. The lowest BCUT2D eigenvalue weighted by Crippen LogP contribution is -2.58. The van der Waals surface area contributed by atoms with Crippen molar-refractivity contribution in [3.63, 3.8) is 0 Å². The minimum atomic E-state index is -1.67. The van der Waals surface area contributed by atoms with E-state index in [1.807, 2.05) is 0 Å². The normalized spacial score (nSPS) is 14.9. The number of aliphatic hydroxyl groups is 1. The first kappa shape index (κ1) is 27.8. The number of hydrogen-bond acceptors (Lipinski definition) is 8. The maximum atomic E-state index is 14.3. The summed E-state index contributed by atoms with van der Waals surface area (Å²) in [4.78, 5) is 35.7. The second kappa shape index (κ2) is 10.5. The maximum Gasteiger partial charge on any atom is 0.410 e. The van der Waals surface area contributed by atoms with Gasteiger partial charge in [0.2, 0.25) is 0 Å². The minimum Gasteiger partial charge on any atom is -0.444 e. The van der Waals surface area contributed by atoms with Crippen molar-refractivity contribution in [1.82, 2.24) is 24.8 Å². The predicted octanol–water partition coefficient (Wildman–Crippen LogP) is 3.16. The van der Waals surface area contributed by atoms with Crippen LogP contribution in [0.2, 0.25) is 0 Å². The Morgan fingerprint density at radius 1 is 1.23 bits per heavy atom. The van der Waals surface area contributed by atoms with Crippen LogP contribution in [0.15, 0.2) is 36.8 Å². The first-order valence-electron chi connectivity index (χ1n) is 12.5. The highest BCUT2D eigenvalue weighted by atomic mass is 19.1. The smallest absolute Gasteiger partial charge is 0.410 e. The van der Waals surface area contributed by atoms with Crippen molar-refractivity contribution in [3.05, 3.63) is 47.9 Å². The topological polar surface area (TPSA) is 145 Å². The molecule has 11 nitrogen and oxygen atoms in total. The van der Waals surface area contributed by atoms with Gasteiger partial charge in [0, 0.05) is 43.1 Å². The van der Waals surface area contributed by atoms with E-state index in [0.717, 1.165) is 5.39 Å². The largest absolute Gasteiger partial charge is 0.444 e. The average Bonchev–Trinajstić information content (AvgIpc) is 3.25. The number of nitrogens with zero attached hydrogens (tertiary/aromatic N) is 5. The fourth-order valence-electron chi connectivity index (χ4n) is 3.94. The highest BCUT2D eigenvalue weighted by Gasteiger charge is 2.34. The number of ether oxygens (including phenoxy) is 1. The summed E-state index contributed by atoms with van der Waals surface area (Å²) in [5, 5.41) is 25.6. The van der Waals surface area contributed by atoms with Gasteiger partial charge in [0.05, 0.1) is 35.0 Å². The molecule has 1 saturated heterocycles. The Labute approximate surface area is 225 Å². The zero-order chi connectivity index (χ0) is 28.5. The quantitative estimate of drug-likeness (QED) is 0.417. The number of rotatable bonds is 7. The third-order valence-corrected chi connectivity index (χ3v) is 6.14. The third kappa shape index (κ3) is 6.43. The summed E-state index contributed by atoms with van der Waals surface area (Å²) >= 11 is 0. The molecule has 0 unspecified atom stereocenters. The van der Waals surface area contributed by atoms with Crippen LogP contribution in [-0.4, -0.2) is 79.6 Å². The van der Waals surface area contributed by atoms with E-state index in [0.29, 0.717) is 35.8 Å². The fraction of sp³-hybridized carbons (Fsp3) is 0.444. The zero-order valence-electron chi connectivity index (χ0n) is 22.5. The summed E-state index contributed by atoms with van der Waals surface area (Å²) < 4.78 is 21.4. The molecular weight excluding hydrogens is 505 g/mol. The van der Waals surface area contributed by atoms with Crippen molar-refractivity contribution >= 4 is 28.7 Å². The van der Waals surface area contributed by atoms with Gasteiger partial charge in [-0.05, 0) is 46.8 Å². The summed E-state index contributed by atoms with van der Waals surface area (Å²) in [5.41, 5.74) is -0.607. The molecule has 0 radical (unpaired) electrons. The van der Waals surface area contributed by atoms with E-state index in [2.05, 4.69) is 26.7 Å². The molecule has 2 amide bonds. The number of halogens is 1. The molecule has 4 rings (SSSR count). The van der Waals surface area contributed by atoms with Gasteiger partial charge in [0.1, 0.15) is 29.3 Å². The van der Waals surface area contributed by atoms with Crippen molar-refractivity contribution in [3.8, 4) is 11.9 Å². The van der Waals surface area contributed by atoms with Gasteiger partial charge in [-0.1, -0.05) is 0 Å². The maximum absolute atomic E-state index is 14.3. The van der Waals surface area contributed by atoms with Crippen LogP contribution in [0.1, 0.15) is 50.5 Å². The molecule has 1 fully saturated rings. The number of amides is 2. The Morgan fingerprint density at radius 3 is 2.59 bits per heavy atom. The average molecular weight is 538 g/mol. The number of pyridine rings is 2. The second-order valence-electron chi connectivity index (χ2n) is 11.1. The summed E-state index contributed by atoms with van der Waals surface area (Å²) in [6, 6.07) is 7.10. The molecule has 4 heterocycles. The van der Waals surface area contributed by atoms with Gasteiger partial charge in [-0.25, -0.2) is 19.2 Å². The molecule has 0 saturated carbocycles. The molecule has 1 aliphatic rings. The molecule has 1 atom stereocenters. The summed E-state index contributed by atoms with van der Waals surface area (Å²) in [5.74, 6) is -0.106. The van der Waals surface area contributed by atoms with E-state index in [-0.39, 0.29) is 18.2 Å². The van der Waals surface area contributed by atoms with Crippen LogP contribution in [0, 0.1) is 11.3 Å². The number of nitrogens with one attached hydrogen (secondary N) is 2. The summed E-state index contributed by atoms with van der Waals surface area (Å²) in [6.45, 7) is 8.39. The Hall–Kier alpha value is -4.24. The van der Waals surface area contributed by atoms with Crippen LogP contribution in [-0.2, 0) is 4.74 Å². The number of fused-ring (bicyclic) bond motifs is 1. The Morgan fingerprint density at radius 2 is 1.95 bits per heavy atom. The second-order valence-corrected chi connectivity index (χ2v) is 11.1. The number of carbonyl (C=O) groups is 2. The lowest BCUT2D eigenvalue weighted by atomic mass is 10.0. The molecule has 0 aliphatic carbocycles. The van der Waals surface area contributed by atoms with Crippen molar-refractivity contribution in [1.29, 1.82) is 5.26 Å². The molecule has 1 aliphatic heterocycles. The Bertz CT molecular complexity index is 1430. The Kier molecular flexibility index (Phi) is 7.48. The van der Waals surface area contributed by atoms with E-state index >= 15 is 0 Å². The Balaban J connectivity index is 1.59. The molecule has 3 aromatic rings. The zero-order valence-corrected chi connectivity index (χ0v) is 22.5. The van der Waals surface area contributed by atoms with Crippen LogP contribution in [0.25, 0.3) is 16.9 Å². The molecule has 3 aromatic heterocycles. The van der Waals surface area contributed by atoms with Crippen LogP contribution < -0.4 is 10.6 Å². The molecule has 206 valence electrons. The number of hydrogen-bond donors (Lipinski definition) is 3. The number of likely N-dealkylation sites (tertiary alicyclic amines) is 1. The summed E-state index contributed by atoms with van der Waals surface area (Å²) in [7, 11) is 0. The fourth-order valence-corrected chi connectivity index (χ4v) is 3.94. The van der Waals surface area contributed by atoms with Gasteiger partial charge < -0.3 is 25.4 Å². The molecule has 12 heteroatoms. The minimum absolute atomic E-state index is 0.165. The molecule has 39 heavy (non-hydrogen) atoms. The van der Waals surface area contributed by atoms with E-state index in [9.17, 15) is 19.1 Å². The van der Waals surface area contributed by atoms with Crippen molar-refractivity contribution in [2.24, 2.45) is 0 Å². The van der Waals surface area contributed by atoms with Gasteiger partial charge in [-0.2, -0.15) is 5.26 Å². The number of nitriles is 1. The number of anilines is 1. The highest BCUT2D eigenvalue weighted by Crippen LogP contribution is 2.26. The number of carbonyl (C=O) groups excluding carboxylic acids is 2. The number of aromatic nitrogens is 3. The van der Waals surface area contributed by atoms with Crippen LogP contribution in [0.3, 0.4) is 0 Å². The van der Waals surface area contributed by atoms with Gasteiger partial charge >= 0.3 is 6.09 Å². The highest BCUT2D eigenvalue weighted by molar-refractivity contribution is 5.99. The van der Waals surface area contributed by atoms with Crippen molar-refractivity contribution < 1.29 is 23.8 Å². The lowest BCUT2D eigenvalue weighted by Gasteiger charge is -2.40. The van der Waals surface area contributed by atoms with Crippen LogP contribution in [0.5, 0.6) is 0 Å².